The second kappa shape index (κ2) is 4.08. The number of amides is 1. The van der Waals surface area contributed by atoms with Gasteiger partial charge in [0.15, 0.2) is 5.78 Å². The van der Waals surface area contributed by atoms with Gasteiger partial charge in [-0.25, -0.2) is 4.79 Å². The van der Waals surface area contributed by atoms with Crippen LogP contribution in [0.15, 0.2) is 24.3 Å². The molecule has 0 radical (unpaired) electrons. The molecule has 3 rings (SSSR count). The summed E-state index contributed by atoms with van der Waals surface area (Å²) in [5.74, 6) is 0.174. The predicted octanol–water partition coefficient (Wildman–Crippen LogP) is 2.66. The molecular formula is C16H19NO3. The molecule has 0 bridgehead atoms. The third-order valence-electron chi connectivity index (χ3n) is 3.91. The molecule has 1 aromatic carbocycles. The third kappa shape index (κ3) is 1.99. The molecule has 1 aliphatic carbocycles. The molecule has 4 heteroatoms. The highest BCUT2D eigenvalue weighted by Gasteiger charge is 2.55. The number of likely N-dealkylation sites (tertiary alicyclic amines) is 1. The molecular weight excluding hydrogens is 254 g/mol. The Morgan fingerprint density at radius 1 is 1.25 bits per heavy atom. The molecule has 1 aliphatic heterocycles. The number of carbonyl (C=O) groups is 2. The van der Waals surface area contributed by atoms with E-state index in [-0.39, 0.29) is 11.9 Å². The summed E-state index contributed by atoms with van der Waals surface area (Å²) in [6.07, 6.45) is 0.410. The lowest BCUT2D eigenvalue weighted by atomic mass is 9.76. The molecule has 0 saturated carbocycles. The molecule has 1 amide bonds. The van der Waals surface area contributed by atoms with E-state index >= 15 is 0 Å². The minimum absolute atomic E-state index is 0.174. The second-order valence-corrected chi connectivity index (χ2v) is 6.78. The monoisotopic (exact) mass is 273 g/mol. The average Bonchev–Trinajstić information content (AvgIpc) is 2.59. The van der Waals surface area contributed by atoms with Crippen molar-refractivity contribution in [3.8, 4) is 0 Å². The first-order valence-corrected chi connectivity index (χ1v) is 6.91. The fourth-order valence-electron chi connectivity index (χ4n) is 3.02. The Morgan fingerprint density at radius 3 is 2.50 bits per heavy atom. The number of Topliss-reactive ketones (excluding diaryl/α,β-unsaturated/α-hetero) is 1. The molecule has 1 heterocycles. The van der Waals surface area contributed by atoms with Gasteiger partial charge in [0.25, 0.3) is 0 Å². The van der Waals surface area contributed by atoms with Crippen LogP contribution in [0, 0.1) is 5.41 Å². The van der Waals surface area contributed by atoms with E-state index in [2.05, 4.69) is 0 Å². The van der Waals surface area contributed by atoms with Crippen molar-refractivity contribution in [1.29, 1.82) is 0 Å². The standard InChI is InChI=1S/C16H19NO3/c1-15(2,3)20-14(19)17-9-16(10-17)8-11-6-4-5-7-12(11)13(16)18/h4-7H,8-10H2,1-3H3. The van der Waals surface area contributed by atoms with E-state index in [1.165, 1.54) is 0 Å². The lowest BCUT2D eigenvalue weighted by Gasteiger charge is -2.46. The van der Waals surface area contributed by atoms with Gasteiger partial charge in [-0.1, -0.05) is 24.3 Å². The van der Waals surface area contributed by atoms with Crippen molar-refractivity contribution < 1.29 is 14.3 Å². The van der Waals surface area contributed by atoms with Crippen LogP contribution in [0.3, 0.4) is 0 Å². The number of ketones is 1. The Labute approximate surface area is 118 Å². The van der Waals surface area contributed by atoms with Crippen LogP contribution in [0.4, 0.5) is 4.79 Å². The third-order valence-corrected chi connectivity index (χ3v) is 3.91. The van der Waals surface area contributed by atoms with Gasteiger partial charge in [-0.3, -0.25) is 4.79 Å². The molecule has 1 fully saturated rings. The van der Waals surface area contributed by atoms with Crippen LogP contribution in [0.2, 0.25) is 0 Å². The van der Waals surface area contributed by atoms with E-state index in [1.807, 2.05) is 45.0 Å². The van der Waals surface area contributed by atoms with Crippen LogP contribution < -0.4 is 0 Å². The first-order chi connectivity index (χ1) is 9.31. The zero-order valence-corrected chi connectivity index (χ0v) is 12.1. The van der Waals surface area contributed by atoms with Crippen LogP contribution in [-0.4, -0.2) is 35.5 Å². The summed E-state index contributed by atoms with van der Waals surface area (Å²) in [4.78, 5) is 26.0. The van der Waals surface area contributed by atoms with Crippen molar-refractivity contribution in [3.63, 3.8) is 0 Å². The second-order valence-electron chi connectivity index (χ2n) is 6.78. The summed E-state index contributed by atoms with van der Waals surface area (Å²) in [7, 11) is 0. The Balaban J connectivity index is 1.70. The first kappa shape index (κ1) is 13.2. The topological polar surface area (TPSA) is 46.6 Å². The summed E-state index contributed by atoms with van der Waals surface area (Å²) in [5, 5.41) is 0. The number of nitrogens with zero attached hydrogens (tertiary/aromatic N) is 1. The van der Waals surface area contributed by atoms with E-state index in [9.17, 15) is 9.59 Å². The molecule has 0 atom stereocenters. The van der Waals surface area contributed by atoms with Gasteiger partial charge < -0.3 is 9.64 Å². The van der Waals surface area contributed by atoms with Crippen LogP contribution in [0.1, 0.15) is 36.7 Å². The molecule has 1 saturated heterocycles. The molecule has 4 nitrogen and oxygen atoms in total. The van der Waals surface area contributed by atoms with E-state index in [0.717, 1.165) is 17.5 Å². The van der Waals surface area contributed by atoms with Crippen molar-refractivity contribution in [2.75, 3.05) is 13.1 Å². The number of ether oxygens (including phenoxy) is 1. The number of hydrogen-bond donors (Lipinski definition) is 0. The molecule has 2 aliphatic rings. The summed E-state index contributed by atoms with van der Waals surface area (Å²) >= 11 is 0. The van der Waals surface area contributed by atoms with Crippen LogP contribution in [0.5, 0.6) is 0 Å². The summed E-state index contributed by atoms with van der Waals surface area (Å²) in [6, 6.07) is 7.72. The van der Waals surface area contributed by atoms with Crippen LogP contribution >= 0.6 is 0 Å². The van der Waals surface area contributed by atoms with Gasteiger partial charge in [-0.15, -0.1) is 0 Å². The maximum Gasteiger partial charge on any atom is 0.410 e. The Kier molecular flexibility index (Phi) is 2.68. The molecule has 0 aromatic heterocycles. The first-order valence-electron chi connectivity index (χ1n) is 6.91. The van der Waals surface area contributed by atoms with Gasteiger partial charge in [-0.05, 0) is 32.8 Å². The zero-order valence-electron chi connectivity index (χ0n) is 12.1. The number of fused-ring (bicyclic) bond motifs is 1. The Morgan fingerprint density at radius 2 is 1.90 bits per heavy atom. The van der Waals surface area contributed by atoms with Crippen molar-refractivity contribution in [1.82, 2.24) is 4.90 Å². The molecule has 106 valence electrons. The number of benzene rings is 1. The van der Waals surface area contributed by atoms with Crippen LogP contribution in [0.25, 0.3) is 0 Å². The zero-order chi connectivity index (χ0) is 14.5. The van der Waals surface area contributed by atoms with Crippen molar-refractivity contribution in [2.24, 2.45) is 5.41 Å². The predicted molar refractivity (Wildman–Crippen MR) is 74.7 cm³/mol. The quantitative estimate of drug-likeness (QED) is 0.730. The van der Waals surface area contributed by atoms with E-state index in [0.29, 0.717) is 13.1 Å². The summed E-state index contributed by atoms with van der Waals surface area (Å²) in [5.41, 5.74) is 1.01. The van der Waals surface area contributed by atoms with Gasteiger partial charge in [0, 0.05) is 18.7 Å². The molecule has 20 heavy (non-hydrogen) atoms. The SMILES string of the molecule is CC(C)(C)OC(=O)N1CC2(Cc3ccccc3C2=O)C1. The smallest absolute Gasteiger partial charge is 0.410 e. The Hall–Kier alpha value is -1.84. The van der Waals surface area contributed by atoms with Gasteiger partial charge >= 0.3 is 6.09 Å². The van der Waals surface area contributed by atoms with Gasteiger partial charge in [0.2, 0.25) is 0 Å². The lowest BCUT2D eigenvalue weighted by molar-refractivity contribution is -0.0225. The molecule has 1 aromatic rings. The van der Waals surface area contributed by atoms with Crippen LogP contribution in [-0.2, 0) is 11.2 Å². The van der Waals surface area contributed by atoms with Gasteiger partial charge in [-0.2, -0.15) is 0 Å². The number of carbonyl (C=O) groups excluding carboxylic acids is 2. The van der Waals surface area contributed by atoms with Gasteiger partial charge in [0.1, 0.15) is 5.60 Å². The highest BCUT2D eigenvalue weighted by molar-refractivity contribution is 6.06. The summed E-state index contributed by atoms with van der Waals surface area (Å²) < 4.78 is 5.33. The molecule has 0 unspecified atom stereocenters. The average molecular weight is 273 g/mol. The summed E-state index contributed by atoms with van der Waals surface area (Å²) in [6.45, 7) is 6.47. The molecule has 0 N–H and O–H groups in total. The van der Waals surface area contributed by atoms with E-state index in [1.54, 1.807) is 4.90 Å². The normalized spacial score (nSPS) is 19.8. The lowest BCUT2D eigenvalue weighted by Crippen LogP contribution is -2.62. The minimum atomic E-state index is -0.498. The highest BCUT2D eigenvalue weighted by atomic mass is 16.6. The fraction of sp³-hybridized carbons (Fsp3) is 0.500. The van der Waals surface area contributed by atoms with Gasteiger partial charge in [0.05, 0.1) is 5.41 Å². The van der Waals surface area contributed by atoms with Crippen molar-refractivity contribution >= 4 is 11.9 Å². The molecule has 1 spiro atoms. The maximum atomic E-state index is 12.5. The number of hydrogen-bond acceptors (Lipinski definition) is 3. The highest BCUT2D eigenvalue weighted by Crippen LogP contribution is 2.44. The van der Waals surface area contributed by atoms with E-state index in [4.69, 9.17) is 4.74 Å². The fourth-order valence-corrected chi connectivity index (χ4v) is 3.02. The van der Waals surface area contributed by atoms with Crippen molar-refractivity contribution in [2.45, 2.75) is 32.8 Å². The van der Waals surface area contributed by atoms with E-state index < -0.39 is 11.0 Å². The number of rotatable bonds is 0. The minimum Gasteiger partial charge on any atom is -0.444 e. The Bertz CT molecular complexity index is 580. The largest absolute Gasteiger partial charge is 0.444 e. The van der Waals surface area contributed by atoms with Crippen molar-refractivity contribution in [3.05, 3.63) is 35.4 Å². The maximum absolute atomic E-state index is 12.5.